The summed E-state index contributed by atoms with van der Waals surface area (Å²) in [6, 6.07) is 3.93. The summed E-state index contributed by atoms with van der Waals surface area (Å²) in [7, 11) is -3.00. The zero-order valence-electron chi connectivity index (χ0n) is 13.4. The Morgan fingerprint density at radius 2 is 2.00 bits per heavy atom. The molecule has 0 aliphatic carbocycles. The molecule has 2 aromatic heterocycles. The van der Waals surface area contributed by atoms with Gasteiger partial charge in [-0.2, -0.15) is 4.31 Å². The normalized spacial score (nSPS) is 23.2. The van der Waals surface area contributed by atoms with Crippen LogP contribution >= 0.6 is 11.6 Å². The third-order valence-corrected chi connectivity index (χ3v) is 7.26. The zero-order valence-corrected chi connectivity index (χ0v) is 15.0. The van der Waals surface area contributed by atoms with Crippen LogP contribution in [0.15, 0.2) is 24.5 Å². The number of pyridine rings is 1. The molecule has 2 aliphatic heterocycles. The van der Waals surface area contributed by atoms with Crippen molar-refractivity contribution in [1.29, 1.82) is 0 Å². The minimum Gasteiger partial charge on any atom is -0.301 e. The minimum atomic E-state index is -3.00. The molecular formula is C16H21ClN4O2S. The van der Waals surface area contributed by atoms with Crippen LogP contribution in [0.1, 0.15) is 25.0 Å². The molecule has 6 nitrogen and oxygen atoms in total. The minimum absolute atomic E-state index is 0.172. The Bertz CT molecular complexity index is 843. The van der Waals surface area contributed by atoms with Gasteiger partial charge in [0.15, 0.2) is 0 Å². The van der Waals surface area contributed by atoms with Gasteiger partial charge >= 0.3 is 0 Å². The van der Waals surface area contributed by atoms with Gasteiger partial charge in [-0.15, -0.1) is 0 Å². The number of likely N-dealkylation sites (tertiary alicyclic amines) is 1. The van der Waals surface area contributed by atoms with E-state index < -0.39 is 10.0 Å². The summed E-state index contributed by atoms with van der Waals surface area (Å²) in [6.45, 7) is 3.31. The van der Waals surface area contributed by atoms with Crippen molar-refractivity contribution < 1.29 is 8.42 Å². The van der Waals surface area contributed by atoms with E-state index in [9.17, 15) is 8.42 Å². The Morgan fingerprint density at radius 1 is 1.21 bits per heavy atom. The molecule has 4 rings (SSSR count). The van der Waals surface area contributed by atoms with Gasteiger partial charge < -0.3 is 4.40 Å². The van der Waals surface area contributed by atoms with Crippen molar-refractivity contribution in [2.75, 3.05) is 25.4 Å². The first-order chi connectivity index (χ1) is 11.5. The molecule has 0 bridgehead atoms. The van der Waals surface area contributed by atoms with Gasteiger partial charge in [0.2, 0.25) is 10.0 Å². The Kier molecular flexibility index (Phi) is 4.28. The summed E-state index contributed by atoms with van der Waals surface area (Å²) in [4.78, 5) is 6.78. The maximum atomic E-state index is 12.1. The summed E-state index contributed by atoms with van der Waals surface area (Å²) in [5.41, 5.74) is 2.01. The molecular weight excluding hydrogens is 348 g/mol. The molecule has 0 atom stereocenters. The molecule has 2 saturated heterocycles. The fraction of sp³-hybridized carbons (Fsp3) is 0.562. The molecule has 2 fully saturated rings. The number of sulfonamides is 1. The smallest absolute Gasteiger partial charge is 0.214 e. The monoisotopic (exact) mass is 368 g/mol. The van der Waals surface area contributed by atoms with Gasteiger partial charge in [-0.25, -0.2) is 13.4 Å². The SMILES string of the molecule is O=S1(=O)CCCN1C1CCN(Cc2cnc3ccc(Cl)cn23)CC1. The molecule has 0 N–H and O–H groups in total. The lowest BCUT2D eigenvalue weighted by Gasteiger charge is -2.35. The van der Waals surface area contributed by atoms with Crippen LogP contribution in [0.3, 0.4) is 0 Å². The number of halogens is 1. The summed E-state index contributed by atoms with van der Waals surface area (Å²) in [5.74, 6) is 0.315. The van der Waals surface area contributed by atoms with E-state index in [1.807, 2.05) is 28.9 Å². The number of fused-ring (bicyclic) bond motifs is 1. The Morgan fingerprint density at radius 3 is 2.71 bits per heavy atom. The molecule has 2 aromatic rings. The highest BCUT2D eigenvalue weighted by Gasteiger charge is 2.36. The number of hydrogen-bond acceptors (Lipinski definition) is 4. The molecule has 0 amide bonds. The van der Waals surface area contributed by atoms with E-state index in [0.29, 0.717) is 17.3 Å². The van der Waals surface area contributed by atoms with Crippen molar-refractivity contribution in [1.82, 2.24) is 18.6 Å². The van der Waals surface area contributed by atoms with Gasteiger partial charge in [-0.1, -0.05) is 11.6 Å². The lowest BCUT2D eigenvalue weighted by Crippen LogP contribution is -2.45. The van der Waals surface area contributed by atoms with Crippen LogP contribution < -0.4 is 0 Å². The van der Waals surface area contributed by atoms with E-state index in [4.69, 9.17) is 11.6 Å². The fourth-order valence-corrected chi connectivity index (χ4v) is 5.75. The quantitative estimate of drug-likeness (QED) is 0.831. The van der Waals surface area contributed by atoms with Crippen molar-refractivity contribution in [3.8, 4) is 0 Å². The molecule has 0 aromatic carbocycles. The van der Waals surface area contributed by atoms with E-state index in [1.54, 1.807) is 4.31 Å². The van der Waals surface area contributed by atoms with Crippen LogP contribution in [0.25, 0.3) is 5.65 Å². The van der Waals surface area contributed by atoms with E-state index >= 15 is 0 Å². The average Bonchev–Trinajstić information content (AvgIpc) is 3.11. The largest absolute Gasteiger partial charge is 0.301 e. The number of imidazole rings is 1. The van der Waals surface area contributed by atoms with Crippen LogP contribution in [0.4, 0.5) is 0 Å². The van der Waals surface area contributed by atoms with Gasteiger partial charge in [-0.3, -0.25) is 4.90 Å². The van der Waals surface area contributed by atoms with Crippen molar-refractivity contribution in [2.24, 2.45) is 0 Å². The highest BCUT2D eigenvalue weighted by molar-refractivity contribution is 7.89. The topological polar surface area (TPSA) is 57.9 Å². The van der Waals surface area contributed by atoms with Gasteiger partial charge in [0.25, 0.3) is 0 Å². The summed E-state index contributed by atoms with van der Waals surface area (Å²) >= 11 is 6.08. The highest BCUT2D eigenvalue weighted by Crippen LogP contribution is 2.25. The second-order valence-corrected chi connectivity index (χ2v) is 9.09. The second-order valence-electron chi connectivity index (χ2n) is 6.61. The van der Waals surface area contributed by atoms with E-state index in [0.717, 1.165) is 50.2 Å². The summed E-state index contributed by atoms with van der Waals surface area (Å²) in [6.07, 6.45) is 6.35. The van der Waals surface area contributed by atoms with E-state index in [2.05, 4.69) is 9.88 Å². The standard InChI is InChI=1S/C16H21ClN4O2S/c17-13-2-3-16-18-10-15(20(16)11-13)12-19-7-4-14(5-8-19)21-6-1-9-24(21,22)23/h2-3,10-11,14H,1,4-9,12H2. The van der Waals surface area contributed by atoms with Crippen LogP contribution in [0, 0.1) is 0 Å². The predicted octanol–water partition coefficient (Wildman–Crippen LogP) is 1.99. The number of piperidine rings is 1. The van der Waals surface area contributed by atoms with Crippen molar-refractivity contribution >= 4 is 27.3 Å². The average molecular weight is 369 g/mol. The predicted molar refractivity (Wildman–Crippen MR) is 93.6 cm³/mol. The van der Waals surface area contributed by atoms with Crippen LogP contribution in [-0.2, 0) is 16.6 Å². The van der Waals surface area contributed by atoms with Crippen molar-refractivity contribution in [3.05, 3.63) is 35.2 Å². The van der Waals surface area contributed by atoms with Crippen LogP contribution in [0.5, 0.6) is 0 Å². The molecule has 0 saturated carbocycles. The fourth-order valence-electron chi connectivity index (χ4n) is 3.79. The first-order valence-corrected chi connectivity index (χ1v) is 10.3. The Hall–Kier alpha value is -1.15. The summed E-state index contributed by atoms with van der Waals surface area (Å²) < 4.78 is 27.9. The van der Waals surface area contributed by atoms with Gasteiger partial charge in [0.05, 0.1) is 22.7 Å². The maximum Gasteiger partial charge on any atom is 0.214 e. The molecule has 8 heteroatoms. The highest BCUT2D eigenvalue weighted by atomic mass is 35.5. The number of rotatable bonds is 3. The molecule has 0 radical (unpaired) electrons. The first-order valence-electron chi connectivity index (χ1n) is 8.36. The third kappa shape index (κ3) is 3.06. The molecule has 2 aliphatic rings. The van der Waals surface area contributed by atoms with Crippen LogP contribution in [-0.4, -0.2) is 58.4 Å². The molecule has 24 heavy (non-hydrogen) atoms. The first kappa shape index (κ1) is 16.3. The van der Waals surface area contributed by atoms with Crippen LogP contribution in [0.2, 0.25) is 5.02 Å². The third-order valence-electron chi connectivity index (χ3n) is 5.03. The van der Waals surface area contributed by atoms with Gasteiger partial charge in [0.1, 0.15) is 5.65 Å². The number of nitrogens with zero attached hydrogens (tertiary/aromatic N) is 4. The Labute approximate surface area is 147 Å². The lowest BCUT2D eigenvalue weighted by atomic mass is 10.0. The van der Waals surface area contributed by atoms with Crippen molar-refractivity contribution in [2.45, 2.75) is 31.8 Å². The molecule has 4 heterocycles. The molecule has 0 spiro atoms. The van der Waals surface area contributed by atoms with Gasteiger partial charge in [-0.05, 0) is 31.4 Å². The Balaban J connectivity index is 1.42. The number of aromatic nitrogens is 2. The maximum absolute atomic E-state index is 12.1. The van der Waals surface area contributed by atoms with E-state index in [1.165, 1.54) is 0 Å². The van der Waals surface area contributed by atoms with E-state index in [-0.39, 0.29) is 6.04 Å². The second kappa shape index (κ2) is 6.29. The summed E-state index contributed by atoms with van der Waals surface area (Å²) in [5, 5.41) is 0.694. The van der Waals surface area contributed by atoms with Crippen molar-refractivity contribution in [3.63, 3.8) is 0 Å². The zero-order chi connectivity index (χ0) is 16.7. The molecule has 0 unspecified atom stereocenters. The lowest BCUT2D eigenvalue weighted by molar-refractivity contribution is 0.156. The number of hydrogen-bond donors (Lipinski definition) is 0. The molecule has 130 valence electrons. The van der Waals surface area contributed by atoms with Gasteiger partial charge in [0, 0.05) is 38.4 Å².